The largest absolute Gasteiger partial charge is 0.468 e. The van der Waals surface area contributed by atoms with Crippen molar-refractivity contribution in [1.29, 1.82) is 0 Å². The Morgan fingerprint density at radius 3 is 3.17 bits per heavy atom. The molecule has 0 aliphatic heterocycles. The molecule has 2 rings (SSSR count). The van der Waals surface area contributed by atoms with Crippen LogP contribution in [0.5, 0.6) is 0 Å². The summed E-state index contributed by atoms with van der Waals surface area (Å²) in [7, 11) is 1.37. The van der Waals surface area contributed by atoms with Gasteiger partial charge in [0.15, 0.2) is 0 Å². The summed E-state index contributed by atoms with van der Waals surface area (Å²) in [4.78, 5) is 12.5. The van der Waals surface area contributed by atoms with E-state index in [1.807, 2.05) is 17.5 Å². The van der Waals surface area contributed by atoms with Gasteiger partial charge in [0, 0.05) is 4.88 Å². The number of nitrogens with zero attached hydrogens (tertiary/aromatic N) is 4. The highest BCUT2D eigenvalue weighted by molar-refractivity contribution is 8.00. The molecule has 0 aliphatic rings. The van der Waals surface area contributed by atoms with Gasteiger partial charge in [-0.15, -0.1) is 16.4 Å². The Bertz CT molecular complexity index is 512. The van der Waals surface area contributed by atoms with Crippen LogP contribution >= 0.6 is 23.1 Å². The lowest BCUT2D eigenvalue weighted by molar-refractivity contribution is -0.139. The Morgan fingerprint density at radius 2 is 2.50 bits per heavy atom. The Hall–Kier alpha value is -1.41. The molecule has 18 heavy (non-hydrogen) atoms. The van der Waals surface area contributed by atoms with E-state index in [1.54, 1.807) is 22.9 Å². The van der Waals surface area contributed by atoms with E-state index in [0.29, 0.717) is 11.7 Å². The smallest absolute Gasteiger partial charge is 0.318 e. The highest BCUT2D eigenvalue weighted by Crippen LogP contribution is 2.22. The van der Waals surface area contributed by atoms with Gasteiger partial charge in [0.2, 0.25) is 5.16 Å². The quantitative estimate of drug-likeness (QED) is 0.611. The molecule has 0 aromatic carbocycles. The summed E-state index contributed by atoms with van der Waals surface area (Å²) in [6.07, 6.45) is 0. The van der Waals surface area contributed by atoms with Crippen LogP contribution in [-0.2, 0) is 16.1 Å². The van der Waals surface area contributed by atoms with E-state index in [2.05, 4.69) is 20.3 Å². The van der Waals surface area contributed by atoms with Crippen LogP contribution in [0.2, 0.25) is 0 Å². The molecule has 0 N–H and O–H groups in total. The van der Waals surface area contributed by atoms with E-state index >= 15 is 0 Å². The van der Waals surface area contributed by atoms with Gasteiger partial charge >= 0.3 is 5.97 Å². The van der Waals surface area contributed by atoms with Crippen LogP contribution in [0.25, 0.3) is 0 Å². The van der Waals surface area contributed by atoms with E-state index < -0.39 is 0 Å². The molecule has 0 bridgehead atoms. The first kappa shape index (κ1) is 13.0. The van der Waals surface area contributed by atoms with E-state index in [4.69, 9.17) is 0 Å². The minimum atomic E-state index is -0.330. The first-order chi connectivity index (χ1) is 8.70. The highest BCUT2D eigenvalue weighted by Gasteiger charge is 2.18. The number of thiophene rings is 1. The standard InChI is InChI=1S/C10H12N4O2S2/c1-7(9(15)16-2)18-10-11-12-13-14(10)6-8-4-3-5-17-8/h3-5,7H,6H2,1-2H3/t7-/m0/s1. The zero-order chi connectivity index (χ0) is 13.0. The zero-order valence-electron chi connectivity index (χ0n) is 9.94. The van der Waals surface area contributed by atoms with Crippen LogP contribution in [0, 0.1) is 0 Å². The fraction of sp³-hybridized carbons (Fsp3) is 0.400. The molecule has 0 saturated carbocycles. The van der Waals surface area contributed by atoms with Crippen LogP contribution in [0.4, 0.5) is 0 Å². The molecular weight excluding hydrogens is 272 g/mol. The van der Waals surface area contributed by atoms with Crippen molar-refractivity contribution in [3.63, 3.8) is 0 Å². The van der Waals surface area contributed by atoms with Crippen molar-refractivity contribution >= 4 is 29.1 Å². The van der Waals surface area contributed by atoms with Crippen LogP contribution in [0.1, 0.15) is 11.8 Å². The lowest BCUT2D eigenvalue weighted by Crippen LogP contribution is -2.16. The van der Waals surface area contributed by atoms with E-state index in [9.17, 15) is 4.79 Å². The lowest BCUT2D eigenvalue weighted by atomic mass is 10.5. The van der Waals surface area contributed by atoms with Crippen molar-refractivity contribution in [3.8, 4) is 0 Å². The molecule has 0 spiro atoms. The van der Waals surface area contributed by atoms with Gasteiger partial charge in [-0.3, -0.25) is 4.79 Å². The third-order valence-corrected chi connectivity index (χ3v) is 4.11. The van der Waals surface area contributed by atoms with Gasteiger partial charge in [0.05, 0.1) is 13.7 Å². The Kier molecular flexibility index (Phi) is 4.32. The predicted octanol–water partition coefficient (Wildman–Crippen LogP) is 1.44. The Balaban J connectivity index is 2.06. The molecule has 0 unspecified atom stereocenters. The Labute approximate surface area is 112 Å². The first-order valence-corrected chi connectivity index (χ1v) is 6.99. The molecule has 0 saturated heterocycles. The summed E-state index contributed by atoms with van der Waals surface area (Å²) >= 11 is 2.93. The molecule has 0 radical (unpaired) electrons. The molecule has 96 valence electrons. The minimum absolute atomic E-state index is 0.286. The van der Waals surface area contributed by atoms with Crippen LogP contribution in [-0.4, -0.2) is 38.5 Å². The number of rotatable bonds is 5. The minimum Gasteiger partial charge on any atom is -0.468 e. The van der Waals surface area contributed by atoms with Gasteiger partial charge in [-0.2, -0.15) is 0 Å². The molecule has 2 aromatic rings. The summed E-state index contributed by atoms with van der Waals surface area (Å²) < 4.78 is 6.35. The maximum absolute atomic E-state index is 11.3. The van der Waals surface area contributed by atoms with Crippen LogP contribution < -0.4 is 0 Å². The summed E-state index contributed by atoms with van der Waals surface area (Å²) in [6.45, 7) is 2.38. The number of carbonyl (C=O) groups is 1. The number of thioether (sulfide) groups is 1. The number of esters is 1. The third-order valence-electron chi connectivity index (χ3n) is 2.20. The topological polar surface area (TPSA) is 69.9 Å². The summed E-state index contributed by atoms with van der Waals surface area (Å²) in [5, 5.41) is 13.8. The van der Waals surface area contributed by atoms with Gasteiger partial charge in [0.1, 0.15) is 5.25 Å². The molecule has 2 heterocycles. The fourth-order valence-electron chi connectivity index (χ4n) is 1.30. The molecule has 6 nitrogen and oxygen atoms in total. The van der Waals surface area contributed by atoms with E-state index in [0.717, 1.165) is 4.88 Å². The third kappa shape index (κ3) is 3.08. The zero-order valence-corrected chi connectivity index (χ0v) is 11.6. The SMILES string of the molecule is COC(=O)[C@H](C)Sc1nnnn1Cc1cccs1. The molecule has 0 aliphatic carbocycles. The molecule has 0 fully saturated rings. The van der Waals surface area contributed by atoms with Crippen LogP contribution in [0.15, 0.2) is 22.7 Å². The predicted molar refractivity (Wildman–Crippen MR) is 68.6 cm³/mol. The second-order valence-corrected chi connectivity index (χ2v) is 5.82. The number of tetrazole rings is 1. The van der Waals surface area contributed by atoms with Crippen molar-refractivity contribution in [1.82, 2.24) is 20.2 Å². The number of hydrogen-bond donors (Lipinski definition) is 0. The number of ether oxygens (including phenoxy) is 1. The molecule has 8 heteroatoms. The fourth-order valence-corrected chi connectivity index (χ4v) is 2.80. The van der Waals surface area contributed by atoms with Crippen molar-refractivity contribution in [3.05, 3.63) is 22.4 Å². The number of aromatic nitrogens is 4. The lowest BCUT2D eigenvalue weighted by Gasteiger charge is -2.07. The van der Waals surface area contributed by atoms with Crippen molar-refractivity contribution in [2.75, 3.05) is 7.11 Å². The van der Waals surface area contributed by atoms with Crippen LogP contribution in [0.3, 0.4) is 0 Å². The number of methoxy groups -OCH3 is 1. The summed E-state index contributed by atoms with van der Waals surface area (Å²) in [5.41, 5.74) is 0. The second-order valence-electron chi connectivity index (χ2n) is 3.48. The normalized spacial score (nSPS) is 12.3. The average molecular weight is 284 g/mol. The van der Waals surface area contributed by atoms with E-state index in [-0.39, 0.29) is 11.2 Å². The Morgan fingerprint density at radius 1 is 1.67 bits per heavy atom. The summed E-state index contributed by atoms with van der Waals surface area (Å²) in [5.74, 6) is -0.286. The van der Waals surface area contributed by atoms with Crippen molar-refractivity contribution < 1.29 is 9.53 Å². The second kappa shape index (κ2) is 5.96. The molecule has 1 atom stereocenters. The van der Waals surface area contributed by atoms with Gasteiger partial charge in [-0.1, -0.05) is 17.8 Å². The summed E-state index contributed by atoms with van der Waals surface area (Å²) in [6, 6.07) is 4.00. The highest BCUT2D eigenvalue weighted by atomic mass is 32.2. The number of hydrogen-bond acceptors (Lipinski definition) is 7. The molecule has 2 aromatic heterocycles. The van der Waals surface area contributed by atoms with Gasteiger partial charge in [0.25, 0.3) is 0 Å². The maximum atomic E-state index is 11.3. The van der Waals surface area contributed by atoms with Crippen molar-refractivity contribution in [2.24, 2.45) is 0 Å². The maximum Gasteiger partial charge on any atom is 0.318 e. The monoisotopic (exact) mass is 284 g/mol. The van der Waals surface area contributed by atoms with Gasteiger partial charge in [-0.25, -0.2) is 4.68 Å². The molecular formula is C10H12N4O2S2. The molecule has 0 amide bonds. The number of carbonyl (C=O) groups excluding carboxylic acids is 1. The van der Waals surface area contributed by atoms with Crippen molar-refractivity contribution in [2.45, 2.75) is 23.9 Å². The average Bonchev–Trinajstić information content (AvgIpc) is 3.01. The first-order valence-electron chi connectivity index (χ1n) is 5.23. The van der Waals surface area contributed by atoms with Gasteiger partial charge in [-0.05, 0) is 28.8 Å². The van der Waals surface area contributed by atoms with Gasteiger partial charge < -0.3 is 4.74 Å². The van der Waals surface area contributed by atoms with E-state index in [1.165, 1.54) is 18.9 Å².